The zero-order valence-corrected chi connectivity index (χ0v) is 12.5. The second kappa shape index (κ2) is 8.89. The first-order valence-electron chi connectivity index (χ1n) is 6.44. The Morgan fingerprint density at radius 2 is 1.88 bits per heavy atom. The van der Waals surface area contributed by atoms with Crippen LogP contribution in [0.15, 0.2) is 0 Å². The molecule has 0 radical (unpaired) electrons. The van der Waals surface area contributed by atoms with Crippen LogP contribution in [0.3, 0.4) is 0 Å². The third-order valence-electron chi connectivity index (χ3n) is 2.82. The highest BCUT2D eigenvalue weighted by Gasteiger charge is 2.05. The lowest BCUT2D eigenvalue weighted by Crippen LogP contribution is -2.27. The molecule has 0 rings (SSSR count). The first-order chi connectivity index (χ1) is 7.85. The summed E-state index contributed by atoms with van der Waals surface area (Å²) >= 11 is 0. The average molecular weight is 264 g/mol. The molecule has 4 nitrogen and oxygen atoms in total. The quantitative estimate of drug-likeness (QED) is 0.601. The van der Waals surface area contributed by atoms with Gasteiger partial charge in [-0.25, -0.2) is 8.42 Å². The summed E-state index contributed by atoms with van der Waals surface area (Å²) in [7, 11) is -0.837. The van der Waals surface area contributed by atoms with E-state index >= 15 is 0 Å². The van der Waals surface area contributed by atoms with Crippen LogP contribution in [0.1, 0.15) is 33.1 Å². The van der Waals surface area contributed by atoms with Gasteiger partial charge in [0, 0.05) is 18.8 Å². The van der Waals surface area contributed by atoms with Crippen molar-refractivity contribution in [3.8, 4) is 0 Å². The molecule has 0 spiro atoms. The predicted molar refractivity (Wildman–Crippen MR) is 74.2 cm³/mol. The largest absolute Gasteiger partial charge is 0.315 e. The first kappa shape index (κ1) is 16.9. The fourth-order valence-electron chi connectivity index (χ4n) is 1.72. The van der Waals surface area contributed by atoms with Gasteiger partial charge in [-0.3, -0.25) is 0 Å². The lowest BCUT2D eigenvalue weighted by Gasteiger charge is -2.17. The Hall–Kier alpha value is -0.130. The normalized spacial score (nSPS) is 14.2. The van der Waals surface area contributed by atoms with Crippen molar-refractivity contribution in [2.24, 2.45) is 0 Å². The summed E-state index contributed by atoms with van der Waals surface area (Å²) in [6.07, 6.45) is 4.81. The Bertz CT molecular complexity index is 278. The fourth-order valence-corrected chi connectivity index (χ4v) is 2.36. The molecule has 1 N–H and O–H groups in total. The van der Waals surface area contributed by atoms with Crippen molar-refractivity contribution in [2.75, 3.05) is 38.7 Å². The molecule has 0 aliphatic carbocycles. The van der Waals surface area contributed by atoms with E-state index in [0.717, 1.165) is 19.5 Å². The van der Waals surface area contributed by atoms with E-state index in [1.807, 2.05) is 7.05 Å². The number of sulfone groups is 1. The SMILES string of the molecule is CCNC(C)CCCCN(C)CCS(C)(=O)=O. The van der Waals surface area contributed by atoms with E-state index in [1.54, 1.807) is 0 Å². The summed E-state index contributed by atoms with van der Waals surface area (Å²) in [5, 5.41) is 3.39. The van der Waals surface area contributed by atoms with Gasteiger partial charge in [0.25, 0.3) is 0 Å². The molecular formula is C12H28N2O2S. The van der Waals surface area contributed by atoms with Crippen LogP contribution in [-0.2, 0) is 9.84 Å². The average Bonchev–Trinajstić information content (AvgIpc) is 2.21. The molecule has 0 aromatic rings. The van der Waals surface area contributed by atoms with Crippen molar-refractivity contribution < 1.29 is 8.42 Å². The molecule has 0 heterocycles. The van der Waals surface area contributed by atoms with Crippen LogP contribution in [0, 0.1) is 0 Å². The smallest absolute Gasteiger partial charge is 0.148 e. The highest BCUT2D eigenvalue weighted by atomic mass is 32.2. The highest BCUT2D eigenvalue weighted by molar-refractivity contribution is 7.90. The molecular weight excluding hydrogens is 236 g/mol. The van der Waals surface area contributed by atoms with E-state index < -0.39 is 9.84 Å². The minimum Gasteiger partial charge on any atom is -0.315 e. The van der Waals surface area contributed by atoms with E-state index in [1.165, 1.54) is 19.1 Å². The van der Waals surface area contributed by atoms with Gasteiger partial charge in [0.2, 0.25) is 0 Å². The Morgan fingerprint density at radius 3 is 2.41 bits per heavy atom. The Labute approximate surface area is 107 Å². The fraction of sp³-hybridized carbons (Fsp3) is 1.00. The third-order valence-corrected chi connectivity index (χ3v) is 3.75. The van der Waals surface area contributed by atoms with Crippen LogP contribution in [0.25, 0.3) is 0 Å². The number of nitrogens with one attached hydrogen (secondary N) is 1. The van der Waals surface area contributed by atoms with Crippen molar-refractivity contribution >= 4 is 9.84 Å². The zero-order chi connectivity index (χ0) is 13.3. The van der Waals surface area contributed by atoms with Crippen LogP contribution in [0.5, 0.6) is 0 Å². The molecule has 0 aromatic heterocycles. The lowest BCUT2D eigenvalue weighted by molar-refractivity contribution is 0.338. The summed E-state index contributed by atoms with van der Waals surface area (Å²) in [6, 6.07) is 0.585. The topological polar surface area (TPSA) is 49.4 Å². The summed E-state index contributed by atoms with van der Waals surface area (Å²) in [5.74, 6) is 0.261. The van der Waals surface area contributed by atoms with E-state index in [2.05, 4.69) is 24.1 Å². The van der Waals surface area contributed by atoms with Gasteiger partial charge in [0.1, 0.15) is 9.84 Å². The highest BCUT2D eigenvalue weighted by Crippen LogP contribution is 2.01. The molecule has 0 saturated carbocycles. The van der Waals surface area contributed by atoms with Gasteiger partial charge >= 0.3 is 0 Å². The van der Waals surface area contributed by atoms with Crippen molar-refractivity contribution in [2.45, 2.75) is 39.2 Å². The van der Waals surface area contributed by atoms with E-state index in [9.17, 15) is 8.42 Å². The van der Waals surface area contributed by atoms with Crippen LogP contribution >= 0.6 is 0 Å². The minimum atomic E-state index is -2.82. The molecule has 5 heteroatoms. The van der Waals surface area contributed by atoms with Crippen LogP contribution in [-0.4, -0.2) is 58.1 Å². The van der Waals surface area contributed by atoms with E-state index in [0.29, 0.717) is 12.6 Å². The second-order valence-electron chi connectivity index (χ2n) is 4.89. The van der Waals surface area contributed by atoms with Crippen LogP contribution in [0.2, 0.25) is 0 Å². The Balaban J connectivity index is 3.48. The second-order valence-corrected chi connectivity index (χ2v) is 7.15. The number of rotatable bonds is 10. The lowest BCUT2D eigenvalue weighted by atomic mass is 10.1. The Morgan fingerprint density at radius 1 is 1.24 bits per heavy atom. The zero-order valence-electron chi connectivity index (χ0n) is 11.7. The number of hydrogen-bond acceptors (Lipinski definition) is 4. The maximum absolute atomic E-state index is 11.0. The number of unbranched alkanes of at least 4 members (excludes halogenated alkanes) is 1. The van der Waals surface area contributed by atoms with Crippen molar-refractivity contribution in [3.05, 3.63) is 0 Å². The molecule has 0 amide bonds. The van der Waals surface area contributed by atoms with Gasteiger partial charge in [-0.15, -0.1) is 0 Å². The summed E-state index contributed by atoms with van der Waals surface area (Å²) < 4.78 is 22.0. The first-order valence-corrected chi connectivity index (χ1v) is 8.51. The summed E-state index contributed by atoms with van der Waals surface area (Å²) in [4.78, 5) is 2.10. The van der Waals surface area contributed by atoms with Gasteiger partial charge < -0.3 is 10.2 Å². The molecule has 0 fully saturated rings. The third kappa shape index (κ3) is 12.1. The maximum Gasteiger partial charge on any atom is 0.148 e. The van der Waals surface area contributed by atoms with Crippen molar-refractivity contribution in [1.82, 2.24) is 10.2 Å². The van der Waals surface area contributed by atoms with Crippen LogP contribution < -0.4 is 5.32 Å². The molecule has 0 aliphatic rings. The van der Waals surface area contributed by atoms with Gasteiger partial charge in [0.05, 0.1) is 5.75 Å². The number of nitrogens with zero attached hydrogens (tertiary/aromatic N) is 1. The predicted octanol–water partition coefficient (Wildman–Crippen LogP) is 1.13. The molecule has 17 heavy (non-hydrogen) atoms. The van der Waals surface area contributed by atoms with Gasteiger partial charge in [-0.05, 0) is 39.9 Å². The van der Waals surface area contributed by atoms with Crippen LogP contribution in [0.4, 0.5) is 0 Å². The minimum absolute atomic E-state index is 0.261. The molecule has 0 saturated heterocycles. The molecule has 1 atom stereocenters. The van der Waals surface area contributed by atoms with E-state index in [4.69, 9.17) is 0 Å². The van der Waals surface area contributed by atoms with Gasteiger partial charge in [-0.2, -0.15) is 0 Å². The Kier molecular flexibility index (Phi) is 8.82. The molecule has 0 aromatic carbocycles. The standard InChI is InChI=1S/C12H28N2O2S/c1-5-13-12(2)8-6-7-9-14(3)10-11-17(4,15)16/h12-13H,5-11H2,1-4H3. The monoisotopic (exact) mass is 264 g/mol. The van der Waals surface area contributed by atoms with Crippen molar-refractivity contribution in [3.63, 3.8) is 0 Å². The molecule has 1 unspecified atom stereocenters. The summed E-state index contributed by atoms with van der Waals surface area (Å²) in [5.41, 5.74) is 0. The van der Waals surface area contributed by atoms with Gasteiger partial charge in [-0.1, -0.05) is 13.3 Å². The molecule has 0 bridgehead atoms. The maximum atomic E-state index is 11.0. The van der Waals surface area contributed by atoms with Crippen molar-refractivity contribution in [1.29, 1.82) is 0 Å². The number of hydrogen-bond donors (Lipinski definition) is 1. The van der Waals surface area contributed by atoms with E-state index in [-0.39, 0.29) is 5.75 Å². The molecule has 0 aliphatic heterocycles. The molecule has 104 valence electrons. The van der Waals surface area contributed by atoms with Gasteiger partial charge in [0.15, 0.2) is 0 Å². The summed E-state index contributed by atoms with van der Waals surface area (Å²) in [6.45, 7) is 6.97.